The molecule has 0 unspecified atom stereocenters. The van der Waals surface area contributed by atoms with Crippen LogP contribution in [-0.4, -0.2) is 66.9 Å². The van der Waals surface area contributed by atoms with Crippen LogP contribution in [0.1, 0.15) is 17.0 Å². The van der Waals surface area contributed by atoms with Crippen molar-refractivity contribution >= 4 is 6.09 Å². The molecule has 1 heterocycles. The Bertz CT molecular complexity index is 775. The van der Waals surface area contributed by atoms with Crippen molar-refractivity contribution < 1.29 is 14.6 Å². The molecule has 0 spiro atoms. The maximum absolute atomic E-state index is 12.5. The number of rotatable bonds is 3. The van der Waals surface area contributed by atoms with Crippen molar-refractivity contribution in [1.82, 2.24) is 9.80 Å². The van der Waals surface area contributed by atoms with Gasteiger partial charge in [-0.3, -0.25) is 0 Å². The molecule has 1 aliphatic carbocycles. The van der Waals surface area contributed by atoms with E-state index >= 15 is 0 Å². The van der Waals surface area contributed by atoms with E-state index in [2.05, 4.69) is 24.3 Å². The number of benzene rings is 2. The van der Waals surface area contributed by atoms with Gasteiger partial charge in [-0.05, 0) is 36.3 Å². The number of hydrogen-bond acceptors (Lipinski definition) is 4. The highest BCUT2D eigenvalue weighted by Gasteiger charge is 2.37. The number of carbonyl (C=O) groups is 1. The quantitative estimate of drug-likeness (QED) is 0.922. The van der Waals surface area contributed by atoms with Crippen LogP contribution >= 0.6 is 0 Å². The minimum atomic E-state index is -0.537. The average molecular weight is 352 g/mol. The highest BCUT2D eigenvalue weighted by molar-refractivity contribution is 5.79. The Morgan fingerprint density at radius 2 is 1.65 bits per heavy atom. The van der Waals surface area contributed by atoms with Crippen molar-refractivity contribution in [3.8, 4) is 11.1 Å². The lowest BCUT2D eigenvalue weighted by atomic mass is 9.98. The van der Waals surface area contributed by atoms with Crippen LogP contribution in [0.3, 0.4) is 0 Å². The third-order valence-corrected chi connectivity index (χ3v) is 5.52. The Morgan fingerprint density at radius 1 is 1.08 bits per heavy atom. The molecule has 1 amide bonds. The van der Waals surface area contributed by atoms with Gasteiger partial charge >= 0.3 is 6.09 Å². The predicted octanol–water partition coefficient (Wildman–Crippen LogP) is 2.54. The molecule has 2 aromatic rings. The number of carbonyl (C=O) groups excluding carboxylic acids is 1. The van der Waals surface area contributed by atoms with E-state index in [0.29, 0.717) is 19.7 Å². The zero-order valence-electron chi connectivity index (χ0n) is 15.1. The van der Waals surface area contributed by atoms with Crippen LogP contribution in [0, 0.1) is 0 Å². The number of fused-ring (bicyclic) bond motifs is 3. The highest BCUT2D eigenvalue weighted by Crippen LogP contribution is 2.44. The van der Waals surface area contributed by atoms with E-state index < -0.39 is 6.10 Å². The number of ether oxygens (including phenoxy) is 1. The number of likely N-dealkylation sites (tertiary alicyclic amines) is 1. The summed E-state index contributed by atoms with van der Waals surface area (Å²) in [5, 5.41) is 10.1. The molecule has 2 aliphatic rings. The van der Waals surface area contributed by atoms with Crippen LogP contribution in [0.4, 0.5) is 4.79 Å². The van der Waals surface area contributed by atoms with E-state index in [1.165, 1.54) is 22.3 Å². The number of aliphatic hydroxyl groups is 1. The minimum Gasteiger partial charge on any atom is -0.448 e. The summed E-state index contributed by atoms with van der Waals surface area (Å²) in [6.07, 6.45) is -0.888. The molecule has 5 heteroatoms. The molecule has 1 N–H and O–H groups in total. The largest absolute Gasteiger partial charge is 0.448 e. The normalized spacial score (nSPS) is 21.8. The van der Waals surface area contributed by atoms with Gasteiger partial charge in [0.2, 0.25) is 0 Å². The van der Waals surface area contributed by atoms with Gasteiger partial charge in [-0.1, -0.05) is 48.5 Å². The zero-order valence-corrected chi connectivity index (χ0v) is 15.1. The van der Waals surface area contributed by atoms with Crippen molar-refractivity contribution in [2.24, 2.45) is 0 Å². The van der Waals surface area contributed by atoms with Crippen molar-refractivity contribution in [3.63, 3.8) is 0 Å². The lowest BCUT2D eigenvalue weighted by molar-refractivity contribution is 0.0981. The highest BCUT2D eigenvalue weighted by atomic mass is 16.6. The standard InChI is InChI=1S/C21H24N2O3/c1-22(2)19-11-23(12-20(19)24)21(25)26-13-18-16-9-5-3-7-14(16)15-8-4-6-10-17(15)18/h3-10,18-20,24H,11-13H2,1-2H3/t19-,20-/m1/s1. The molecule has 0 aromatic heterocycles. The van der Waals surface area contributed by atoms with Gasteiger partial charge in [0.1, 0.15) is 6.61 Å². The monoisotopic (exact) mass is 352 g/mol. The van der Waals surface area contributed by atoms with Gasteiger partial charge in [0.15, 0.2) is 0 Å². The first-order valence-corrected chi connectivity index (χ1v) is 9.00. The fourth-order valence-electron chi connectivity index (χ4n) is 4.11. The number of likely N-dealkylation sites (N-methyl/N-ethyl adjacent to an activating group) is 1. The first kappa shape index (κ1) is 17.1. The number of nitrogens with zero attached hydrogens (tertiary/aromatic N) is 2. The fourth-order valence-corrected chi connectivity index (χ4v) is 4.11. The third-order valence-electron chi connectivity index (χ3n) is 5.52. The third kappa shape index (κ3) is 2.87. The van der Waals surface area contributed by atoms with E-state index in [1.54, 1.807) is 4.90 Å². The van der Waals surface area contributed by atoms with Crippen molar-refractivity contribution in [3.05, 3.63) is 59.7 Å². The second-order valence-electron chi connectivity index (χ2n) is 7.31. The van der Waals surface area contributed by atoms with Crippen LogP contribution in [0.15, 0.2) is 48.5 Å². The number of amides is 1. The molecule has 1 fully saturated rings. The zero-order chi connectivity index (χ0) is 18.3. The molecule has 0 radical (unpaired) electrons. The maximum atomic E-state index is 12.5. The van der Waals surface area contributed by atoms with Gasteiger partial charge in [0, 0.05) is 12.5 Å². The van der Waals surface area contributed by atoms with Gasteiger partial charge in [-0.15, -0.1) is 0 Å². The number of aliphatic hydroxyl groups excluding tert-OH is 1. The number of hydrogen-bond donors (Lipinski definition) is 1. The van der Waals surface area contributed by atoms with Gasteiger partial charge in [0.05, 0.1) is 18.7 Å². The Labute approximate surface area is 153 Å². The summed E-state index contributed by atoms with van der Waals surface area (Å²) in [6, 6.07) is 16.5. The molecular formula is C21H24N2O3. The van der Waals surface area contributed by atoms with E-state index in [-0.39, 0.29) is 18.1 Å². The molecular weight excluding hydrogens is 328 g/mol. The second-order valence-corrected chi connectivity index (χ2v) is 7.31. The predicted molar refractivity (Wildman–Crippen MR) is 100 cm³/mol. The molecule has 5 nitrogen and oxygen atoms in total. The van der Waals surface area contributed by atoms with E-state index in [9.17, 15) is 9.90 Å². The Morgan fingerprint density at radius 3 is 2.19 bits per heavy atom. The first-order valence-electron chi connectivity index (χ1n) is 9.00. The van der Waals surface area contributed by atoms with Crippen LogP contribution in [0.25, 0.3) is 11.1 Å². The van der Waals surface area contributed by atoms with Gasteiger partial charge in [-0.25, -0.2) is 4.79 Å². The van der Waals surface area contributed by atoms with E-state index in [0.717, 1.165) is 0 Å². The molecule has 1 aliphatic heterocycles. The van der Waals surface area contributed by atoms with Gasteiger partial charge in [0.25, 0.3) is 0 Å². The molecule has 0 bridgehead atoms. The lowest BCUT2D eigenvalue weighted by Gasteiger charge is -2.22. The van der Waals surface area contributed by atoms with Crippen molar-refractivity contribution in [1.29, 1.82) is 0 Å². The molecule has 2 aromatic carbocycles. The molecule has 136 valence electrons. The smallest absolute Gasteiger partial charge is 0.409 e. The van der Waals surface area contributed by atoms with Gasteiger partial charge < -0.3 is 19.6 Å². The topological polar surface area (TPSA) is 53.0 Å². The summed E-state index contributed by atoms with van der Waals surface area (Å²) in [5.41, 5.74) is 4.84. The Hall–Kier alpha value is -2.37. The lowest BCUT2D eigenvalue weighted by Crippen LogP contribution is -2.38. The van der Waals surface area contributed by atoms with Crippen molar-refractivity contribution in [2.75, 3.05) is 33.8 Å². The maximum Gasteiger partial charge on any atom is 0.409 e. The fraction of sp³-hybridized carbons (Fsp3) is 0.381. The van der Waals surface area contributed by atoms with Gasteiger partial charge in [-0.2, -0.15) is 0 Å². The van der Waals surface area contributed by atoms with E-state index in [4.69, 9.17) is 4.74 Å². The first-order chi connectivity index (χ1) is 12.6. The van der Waals surface area contributed by atoms with Crippen LogP contribution in [0.5, 0.6) is 0 Å². The van der Waals surface area contributed by atoms with Crippen LogP contribution in [-0.2, 0) is 4.74 Å². The SMILES string of the molecule is CN(C)[C@@H]1CN(C(=O)OCC2c3ccccc3-c3ccccc32)C[C@H]1O. The Balaban J connectivity index is 1.48. The summed E-state index contributed by atoms with van der Waals surface area (Å²) in [7, 11) is 3.82. The summed E-state index contributed by atoms with van der Waals surface area (Å²) in [4.78, 5) is 16.1. The molecule has 1 saturated heterocycles. The summed E-state index contributed by atoms with van der Waals surface area (Å²) in [5.74, 6) is 0.0588. The molecule has 4 rings (SSSR count). The summed E-state index contributed by atoms with van der Waals surface area (Å²) >= 11 is 0. The molecule has 2 atom stereocenters. The average Bonchev–Trinajstić information content (AvgIpc) is 3.18. The van der Waals surface area contributed by atoms with Crippen LogP contribution in [0.2, 0.25) is 0 Å². The Kier molecular flexibility index (Phi) is 4.42. The summed E-state index contributed by atoms with van der Waals surface area (Å²) in [6.45, 7) is 1.12. The summed E-state index contributed by atoms with van der Waals surface area (Å²) < 4.78 is 5.66. The van der Waals surface area contributed by atoms with E-state index in [1.807, 2.05) is 43.3 Å². The van der Waals surface area contributed by atoms with Crippen LogP contribution < -0.4 is 0 Å². The minimum absolute atomic E-state index is 0.0458. The second kappa shape index (κ2) is 6.74. The molecule has 26 heavy (non-hydrogen) atoms. The number of β-amino-alcohol motifs (C(OH)–C–C–N with tert-alkyl or cyclic N) is 1. The van der Waals surface area contributed by atoms with Crippen molar-refractivity contribution in [2.45, 2.75) is 18.1 Å². The molecule has 0 saturated carbocycles.